The maximum absolute atomic E-state index is 13.0. The van der Waals surface area contributed by atoms with Crippen LogP contribution in [0.15, 0.2) is 0 Å². The molecule has 90 heavy (non-hydrogen) atoms. The maximum Gasteiger partial charge on any atom is 0.472 e. The van der Waals surface area contributed by atoms with Gasteiger partial charge in [-0.2, -0.15) is 0 Å². The van der Waals surface area contributed by atoms with Gasteiger partial charge in [0, 0.05) is 25.7 Å². The van der Waals surface area contributed by atoms with Crippen molar-refractivity contribution in [3.63, 3.8) is 0 Å². The zero-order chi connectivity index (χ0) is 66.6. The second kappa shape index (κ2) is 61.9. The summed E-state index contributed by atoms with van der Waals surface area (Å²) in [5, 5.41) is 10.6. The summed E-state index contributed by atoms with van der Waals surface area (Å²) in [6.45, 7) is 11.8. The van der Waals surface area contributed by atoms with E-state index in [1.807, 2.05) is 0 Å². The highest BCUT2D eigenvalue weighted by molar-refractivity contribution is 7.47. The third kappa shape index (κ3) is 63.5. The average molecular weight is 1330 g/mol. The normalized spacial score (nSPS) is 14.5. The summed E-state index contributed by atoms with van der Waals surface area (Å²) in [6, 6.07) is 0. The SMILES string of the molecule is CCCCCCCCCCCCCCCCCC(=O)O[C@H](COC(=O)CCCCCCCCCCCCC(C)C)COP(=O)(O)OC[C@@H](O)COP(=O)(O)OC[C@@H](COC(=O)CCCCCCCCCC(C)C)OC(=O)CCCCCCCCCCC(C)CC. The smallest absolute Gasteiger partial charge is 0.462 e. The van der Waals surface area contributed by atoms with Crippen molar-refractivity contribution in [1.82, 2.24) is 0 Å². The zero-order valence-corrected chi connectivity index (χ0v) is 60.4. The number of unbranched alkanes of at least 4 members (excludes halogenated alkanes) is 36. The Morgan fingerprint density at radius 1 is 0.322 bits per heavy atom. The highest BCUT2D eigenvalue weighted by atomic mass is 31.2. The molecule has 0 aliphatic heterocycles. The summed E-state index contributed by atoms with van der Waals surface area (Å²) < 4.78 is 68.3. The monoisotopic (exact) mass is 1320 g/mol. The van der Waals surface area contributed by atoms with Crippen molar-refractivity contribution in [2.75, 3.05) is 39.6 Å². The van der Waals surface area contributed by atoms with Crippen LogP contribution in [-0.4, -0.2) is 96.7 Å². The molecule has 0 fully saturated rings. The van der Waals surface area contributed by atoms with Crippen molar-refractivity contribution >= 4 is 39.5 Å². The first-order valence-electron chi connectivity index (χ1n) is 36.9. The molecule has 0 heterocycles. The minimum Gasteiger partial charge on any atom is -0.462 e. The van der Waals surface area contributed by atoms with E-state index in [0.717, 1.165) is 108 Å². The van der Waals surface area contributed by atoms with E-state index in [2.05, 4.69) is 48.5 Å². The Morgan fingerprint density at radius 3 is 0.844 bits per heavy atom. The maximum atomic E-state index is 13.0. The first kappa shape index (κ1) is 88.1. The number of ether oxygens (including phenoxy) is 4. The van der Waals surface area contributed by atoms with Gasteiger partial charge >= 0.3 is 39.5 Å². The fraction of sp³-hybridized carbons (Fsp3) is 0.944. The molecule has 0 saturated carbocycles. The second-order valence-corrected chi connectivity index (χ2v) is 29.7. The summed E-state index contributed by atoms with van der Waals surface area (Å²) in [5.74, 6) is 0.107. The standard InChI is InChI=1S/C71H138O17P2/c1-8-10-11-12-13-14-15-16-17-18-19-24-32-40-47-54-70(75)87-66(58-81-68(73)52-45-38-31-23-21-20-22-28-35-42-49-62(3)4)60-85-89(77,78)83-56-65(72)57-84-90(79,80)86-61-67(59-82-69(74)53-46-39-34-27-29-36-43-50-63(5)6)88-71(76)55-48-41-33-26-25-30-37-44-51-64(7)9-2/h62-67,72H,8-61H2,1-7H3,(H,77,78)(H,79,80)/t64?,65-,66-,67-/m1/s1. The lowest BCUT2D eigenvalue weighted by Crippen LogP contribution is -2.30. The van der Waals surface area contributed by atoms with Crippen LogP contribution in [0.2, 0.25) is 0 Å². The van der Waals surface area contributed by atoms with Crippen LogP contribution in [0.4, 0.5) is 0 Å². The largest absolute Gasteiger partial charge is 0.472 e. The Kier molecular flexibility index (Phi) is 60.6. The van der Waals surface area contributed by atoms with E-state index in [1.54, 1.807) is 0 Å². The Balaban J connectivity index is 5.26. The lowest BCUT2D eigenvalue weighted by Gasteiger charge is -2.21. The molecular formula is C71H138O17P2. The average Bonchev–Trinajstić information content (AvgIpc) is 3.51. The van der Waals surface area contributed by atoms with Crippen molar-refractivity contribution in [3.05, 3.63) is 0 Å². The van der Waals surface area contributed by atoms with Gasteiger partial charge in [-0.25, -0.2) is 9.13 Å². The van der Waals surface area contributed by atoms with E-state index in [4.69, 9.17) is 37.0 Å². The molecule has 0 aliphatic carbocycles. The number of phosphoric acid groups is 2. The van der Waals surface area contributed by atoms with E-state index >= 15 is 0 Å². The van der Waals surface area contributed by atoms with Crippen LogP contribution < -0.4 is 0 Å². The van der Waals surface area contributed by atoms with E-state index in [1.165, 1.54) is 161 Å². The predicted molar refractivity (Wildman–Crippen MR) is 363 cm³/mol. The molecule has 17 nitrogen and oxygen atoms in total. The molecule has 0 aliphatic rings. The number of esters is 4. The summed E-state index contributed by atoms with van der Waals surface area (Å²) in [6.07, 6.45) is 45.8. The van der Waals surface area contributed by atoms with Crippen molar-refractivity contribution in [2.45, 2.75) is 375 Å². The van der Waals surface area contributed by atoms with Crippen LogP contribution in [0.25, 0.3) is 0 Å². The van der Waals surface area contributed by atoms with E-state index in [-0.39, 0.29) is 25.7 Å². The van der Waals surface area contributed by atoms with Crippen molar-refractivity contribution in [1.29, 1.82) is 0 Å². The Morgan fingerprint density at radius 2 is 0.567 bits per heavy atom. The van der Waals surface area contributed by atoms with E-state index in [9.17, 15) is 43.2 Å². The molecule has 0 amide bonds. The van der Waals surface area contributed by atoms with Gasteiger partial charge < -0.3 is 33.8 Å². The molecule has 0 aromatic carbocycles. The van der Waals surface area contributed by atoms with Crippen molar-refractivity contribution in [3.8, 4) is 0 Å². The van der Waals surface area contributed by atoms with Gasteiger partial charge in [0.05, 0.1) is 26.4 Å². The highest BCUT2D eigenvalue weighted by Crippen LogP contribution is 2.45. The number of carbonyl (C=O) groups excluding carboxylic acids is 4. The van der Waals surface area contributed by atoms with Gasteiger partial charge in [-0.15, -0.1) is 0 Å². The van der Waals surface area contributed by atoms with Crippen molar-refractivity contribution in [2.24, 2.45) is 17.8 Å². The number of rotatable bonds is 69. The van der Waals surface area contributed by atoms with Gasteiger partial charge in [0.25, 0.3) is 0 Å². The van der Waals surface area contributed by atoms with Gasteiger partial charge in [0.2, 0.25) is 0 Å². The number of hydrogen-bond acceptors (Lipinski definition) is 15. The number of hydrogen-bond donors (Lipinski definition) is 3. The fourth-order valence-electron chi connectivity index (χ4n) is 10.7. The van der Waals surface area contributed by atoms with Crippen LogP contribution in [0.3, 0.4) is 0 Å². The first-order valence-corrected chi connectivity index (χ1v) is 39.9. The minimum absolute atomic E-state index is 0.104. The highest BCUT2D eigenvalue weighted by Gasteiger charge is 2.30. The van der Waals surface area contributed by atoms with Gasteiger partial charge in [-0.05, 0) is 43.4 Å². The third-order valence-corrected chi connectivity index (χ3v) is 18.6. The lowest BCUT2D eigenvalue weighted by atomic mass is 9.99. The van der Waals surface area contributed by atoms with Gasteiger partial charge in [-0.1, -0.05) is 305 Å². The molecule has 0 bridgehead atoms. The molecular weight excluding hydrogens is 1190 g/mol. The van der Waals surface area contributed by atoms with Crippen molar-refractivity contribution < 1.29 is 80.2 Å². The van der Waals surface area contributed by atoms with Crippen LogP contribution >= 0.6 is 15.6 Å². The molecule has 0 spiro atoms. The molecule has 3 N–H and O–H groups in total. The number of aliphatic hydroxyl groups excluding tert-OH is 1. The topological polar surface area (TPSA) is 237 Å². The minimum atomic E-state index is -4.95. The van der Waals surface area contributed by atoms with E-state index < -0.39 is 97.5 Å². The van der Waals surface area contributed by atoms with Gasteiger partial charge in [0.15, 0.2) is 12.2 Å². The molecule has 0 rings (SSSR count). The van der Waals surface area contributed by atoms with E-state index in [0.29, 0.717) is 31.6 Å². The fourth-order valence-corrected chi connectivity index (χ4v) is 12.3. The van der Waals surface area contributed by atoms with Crippen LogP contribution in [0.5, 0.6) is 0 Å². The van der Waals surface area contributed by atoms with Crippen LogP contribution in [0, 0.1) is 17.8 Å². The predicted octanol–water partition coefficient (Wildman–Crippen LogP) is 20.2. The molecule has 0 aromatic rings. The summed E-state index contributed by atoms with van der Waals surface area (Å²) in [5.41, 5.74) is 0. The Bertz CT molecular complexity index is 1770. The first-order chi connectivity index (χ1) is 43.3. The van der Waals surface area contributed by atoms with Crippen LogP contribution in [-0.2, 0) is 65.4 Å². The Labute approximate surface area is 549 Å². The number of phosphoric ester groups is 2. The number of aliphatic hydroxyl groups is 1. The van der Waals surface area contributed by atoms with Crippen LogP contribution in [0.1, 0.15) is 357 Å². The lowest BCUT2D eigenvalue weighted by molar-refractivity contribution is -0.161. The molecule has 0 aromatic heterocycles. The molecule has 534 valence electrons. The van der Waals surface area contributed by atoms with Gasteiger partial charge in [0.1, 0.15) is 19.3 Å². The molecule has 6 atom stereocenters. The summed E-state index contributed by atoms with van der Waals surface area (Å²) >= 11 is 0. The zero-order valence-electron chi connectivity index (χ0n) is 58.6. The molecule has 0 saturated heterocycles. The molecule has 3 unspecified atom stereocenters. The van der Waals surface area contributed by atoms with Gasteiger partial charge in [-0.3, -0.25) is 37.3 Å². The molecule has 19 heteroatoms. The third-order valence-electron chi connectivity index (χ3n) is 16.7. The molecule has 0 radical (unpaired) electrons. The number of carbonyl (C=O) groups is 4. The summed E-state index contributed by atoms with van der Waals surface area (Å²) in [7, 11) is -9.90. The Hall–Kier alpha value is -1.94. The quantitative estimate of drug-likeness (QED) is 0.0222. The summed E-state index contributed by atoms with van der Waals surface area (Å²) in [4.78, 5) is 72.6. The second-order valence-electron chi connectivity index (χ2n) is 26.8.